The van der Waals surface area contributed by atoms with E-state index in [0.717, 1.165) is 43.7 Å². The standard InChI is InChI=1S/C20H21N3O/c1-13-21-9-11-22(13)12-15-7-8-17-18(20(15)24)16-6-2-4-14-5-3-10-23(17)19(14)16/h2,4,6,9,11,15H,3,5,7-8,10,12H2,1H3/p+1. The number of benzene rings is 1. The van der Waals surface area contributed by atoms with Crippen LogP contribution in [-0.4, -0.2) is 21.9 Å². The van der Waals surface area contributed by atoms with Crippen LogP contribution in [0.25, 0.3) is 5.57 Å². The predicted octanol–water partition coefficient (Wildman–Crippen LogP) is 2.06. The van der Waals surface area contributed by atoms with Gasteiger partial charge in [0.05, 0.1) is 17.7 Å². The van der Waals surface area contributed by atoms with E-state index >= 15 is 0 Å². The van der Waals surface area contributed by atoms with Crippen LogP contribution in [0.1, 0.15) is 36.2 Å². The lowest BCUT2D eigenvalue weighted by Crippen LogP contribution is -3.05. The number of hydrogen-bond donors (Lipinski definition) is 1. The molecule has 1 aromatic carbocycles. The molecule has 1 N–H and O–H groups in total. The number of imidazole rings is 1. The topological polar surface area (TPSA) is 39.3 Å². The summed E-state index contributed by atoms with van der Waals surface area (Å²) in [7, 11) is 0. The lowest BCUT2D eigenvalue weighted by atomic mass is 9.83. The maximum Gasteiger partial charge on any atom is 0.174 e. The molecule has 0 bridgehead atoms. The third-order valence-electron chi connectivity index (χ3n) is 5.96. The van der Waals surface area contributed by atoms with Gasteiger partial charge in [-0.15, -0.1) is 0 Å². The Morgan fingerprint density at radius 1 is 1.33 bits per heavy atom. The molecule has 0 radical (unpaired) electrons. The highest BCUT2D eigenvalue weighted by Gasteiger charge is 2.45. The van der Waals surface area contributed by atoms with Gasteiger partial charge in [-0.1, -0.05) is 12.1 Å². The van der Waals surface area contributed by atoms with Crippen molar-refractivity contribution in [3.63, 3.8) is 0 Å². The molecule has 0 amide bonds. The van der Waals surface area contributed by atoms with E-state index in [-0.39, 0.29) is 5.92 Å². The summed E-state index contributed by atoms with van der Waals surface area (Å²) < 4.78 is 2.11. The van der Waals surface area contributed by atoms with Gasteiger partial charge >= 0.3 is 0 Å². The number of aryl methyl sites for hydroxylation is 2. The summed E-state index contributed by atoms with van der Waals surface area (Å²) in [6, 6.07) is 6.53. The van der Waals surface area contributed by atoms with Gasteiger partial charge in [0.25, 0.3) is 0 Å². The highest BCUT2D eigenvalue weighted by atomic mass is 16.1. The van der Waals surface area contributed by atoms with E-state index in [1.165, 1.54) is 33.8 Å². The van der Waals surface area contributed by atoms with E-state index in [9.17, 15) is 4.79 Å². The summed E-state index contributed by atoms with van der Waals surface area (Å²) in [5, 5.41) is 0. The third kappa shape index (κ3) is 1.89. The van der Waals surface area contributed by atoms with Crippen LogP contribution in [0, 0.1) is 12.8 Å². The number of allylic oxidation sites excluding steroid dienone is 2. The minimum absolute atomic E-state index is 0.0771. The number of fused-ring (bicyclic) bond motifs is 2. The van der Waals surface area contributed by atoms with Crippen LogP contribution in [0.3, 0.4) is 0 Å². The lowest BCUT2D eigenvalue weighted by molar-refractivity contribution is -0.792. The van der Waals surface area contributed by atoms with Gasteiger partial charge in [0.2, 0.25) is 0 Å². The highest BCUT2D eigenvalue weighted by Crippen LogP contribution is 2.41. The summed E-state index contributed by atoms with van der Waals surface area (Å²) in [6.45, 7) is 3.90. The number of carbonyl (C=O) groups is 1. The van der Waals surface area contributed by atoms with Crippen molar-refractivity contribution in [3.05, 3.63) is 53.2 Å². The molecule has 1 aliphatic carbocycles. The zero-order chi connectivity index (χ0) is 16.3. The average molecular weight is 320 g/mol. The molecule has 0 saturated carbocycles. The minimum Gasteiger partial charge on any atom is -0.334 e. The summed E-state index contributed by atoms with van der Waals surface area (Å²) in [5.41, 5.74) is 6.47. The molecule has 2 unspecified atom stereocenters. The van der Waals surface area contributed by atoms with Crippen molar-refractivity contribution in [2.45, 2.75) is 39.2 Å². The number of hydrogen-bond acceptors (Lipinski definition) is 2. The van der Waals surface area contributed by atoms with Crippen molar-refractivity contribution >= 4 is 17.0 Å². The molecule has 4 nitrogen and oxygen atoms in total. The molecule has 3 heterocycles. The van der Waals surface area contributed by atoms with E-state index in [2.05, 4.69) is 27.8 Å². The van der Waals surface area contributed by atoms with Crippen molar-refractivity contribution in [3.8, 4) is 0 Å². The second-order valence-corrected chi connectivity index (χ2v) is 7.25. The summed E-state index contributed by atoms with van der Waals surface area (Å²) in [6.07, 6.45) is 8.18. The van der Waals surface area contributed by atoms with Crippen LogP contribution >= 0.6 is 0 Å². The molecular weight excluding hydrogens is 298 g/mol. The van der Waals surface area contributed by atoms with Gasteiger partial charge in [0.15, 0.2) is 5.78 Å². The fraction of sp³-hybridized carbons (Fsp3) is 0.400. The van der Waals surface area contributed by atoms with E-state index in [0.29, 0.717) is 5.78 Å². The molecule has 5 rings (SSSR count). The number of ketones is 1. The summed E-state index contributed by atoms with van der Waals surface area (Å²) >= 11 is 0. The lowest BCUT2D eigenvalue weighted by Gasteiger charge is -2.26. The quantitative estimate of drug-likeness (QED) is 0.920. The molecule has 0 saturated heterocycles. The smallest absolute Gasteiger partial charge is 0.174 e. The van der Waals surface area contributed by atoms with Crippen LogP contribution in [0.5, 0.6) is 0 Å². The molecule has 122 valence electrons. The molecule has 0 fully saturated rings. The minimum atomic E-state index is 0.0771. The highest BCUT2D eigenvalue weighted by molar-refractivity contribution is 6.24. The first-order chi connectivity index (χ1) is 11.7. The van der Waals surface area contributed by atoms with E-state index in [1.807, 2.05) is 19.3 Å². The Balaban J connectivity index is 1.54. The Labute approximate surface area is 141 Å². The average Bonchev–Trinajstić information content (AvgIpc) is 3.15. The molecule has 2 aromatic rings. The van der Waals surface area contributed by atoms with Crippen molar-refractivity contribution in [2.24, 2.45) is 5.92 Å². The van der Waals surface area contributed by atoms with E-state index in [1.54, 1.807) is 0 Å². The first-order valence-corrected chi connectivity index (χ1v) is 8.98. The number of para-hydroxylation sites is 1. The second-order valence-electron chi connectivity index (χ2n) is 7.25. The van der Waals surface area contributed by atoms with Gasteiger partial charge in [-0.2, -0.15) is 0 Å². The number of nitrogens with zero attached hydrogens (tertiary/aromatic N) is 2. The van der Waals surface area contributed by atoms with Gasteiger partial charge in [0.1, 0.15) is 17.2 Å². The van der Waals surface area contributed by atoms with Gasteiger partial charge in [0, 0.05) is 43.3 Å². The van der Waals surface area contributed by atoms with Crippen molar-refractivity contribution in [1.82, 2.24) is 9.55 Å². The van der Waals surface area contributed by atoms with E-state index in [4.69, 9.17) is 0 Å². The van der Waals surface area contributed by atoms with Crippen LogP contribution in [0.4, 0.5) is 5.69 Å². The molecule has 2 atom stereocenters. The first kappa shape index (κ1) is 14.2. The summed E-state index contributed by atoms with van der Waals surface area (Å²) in [4.78, 5) is 19.1. The zero-order valence-corrected chi connectivity index (χ0v) is 14.0. The number of carbonyl (C=O) groups excluding carboxylic acids is 1. The van der Waals surface area contributed by atoms with E-state index < -0.39 is 0 Å². The number of rotatable bonds is 2. The molecule has 3 aliphatic rings. The first-order valence-electron chi connectivity index (χ1n) is 8.98. The van der Waals surface area contributed by atoms with Crippen molar-refractivity contribution in [2.75, 3.05) is 6.54 Å². The predicted molar refractivity (Wildman–Crippen MR) is 91.9 cm³/mol. The monoisotopic (exact) mass is 320 g/mol. The van der Waals surface area contributed by atoms with Crippen molar-refractivity contribution < 1.29 is 9.69 Å². The maximum atomic E-state index is 13.3. The Kier molecular flexibility index (Phi) is 3.04. The zero-order valence-electron chi connectivity index (χ0n) is 14.0. The SMILES string of the molecule is Cc1nccn1CC1CCC2=C(C1=O)c1cccc3c1[NH+]2CCC3. The van der Waals surface area contributed by atoms with Crippen LogP contribution in [-0.2, 0) is 17.8 Å². The normalized spacial score (nSPS) is 25.0. The molecule has 1 aromatic heterocycles. The molecule has 2 aliphatic heterocycles. The Bertz CT molecular complexity index is 877. The fourth-order valence-corrected chi connectivity index (χ4v) is 4.79. The fourth-order valence-electron chi connectivity index (χ4n) is 4.79. The largest absolute Gasteiger partial charge is 0.334 e. The Morgan fingerprint density at radius 3 is 3.08 bits per heavy atom. The number of Topliss-reactive ketones (excluding diaryl/α,β-unsaturated/α-hetero) is 1. The van der Waals surface area contributed by atoms with Gasteiger partial charge in [-0.05, 0) is 25.8 Å². The number of aromatic nitrogens is 2. The molecule has 4 heteroatoms. The molecular formula is C20H22N3O+. The van der Waals surface area contributed by atoms with Crippen LogP contribution < -0.4 is 4.90 Å². The number of quaternary nitrogens is 1. The molecule has 0 spiro atoms. The third-order valence-corrected chi connectivity index (χ3v) is 5.96. The van der Waals surface area contributed by atoms with Crippen LogP contribution in [0.2, 0.25) is 0 Å². The van der Waals surface area contributed by atoms with Gasteiger partial charge in [-0.25, -0.2) is 4.98 Å². The number of nitrogens with one attached hydrogen (secondary N) is 1. The molecule has 24 heavy (non-hydrogen) atoms. The maximum absolute atomic E-state index is 13.3. The van der Waals surface area contributed by atoms with Crippen molar-refractivity contribution in [1.29, 1.82) is 0 Å². The summed E-state index contributed by atoms with van der Waals surface area (Å²) in [5.74, 6) is 1.41. The van der Waals surface area contributed by atoms with Gasteiger partial charge in [-0.3, -0.25) is 9.69 Å². The second kappa shape index (κ2) is 5.15. The Morgan fingerprint density at radius 2 is 2.25 bits per heavy atom. The van der Waals surface area contributed by atoms with Crippen LogP contribution in [0.15, 0.2) is 36.3 Å². The Hall–Kier alpha value is -2.20. The van der Waals surface area contributed by atoms with Gasteiger partial charge < -0.3 is 4.57 Å².